The van der Waals surface area contributed by atoms with Crippen molar-refractivity contribution in [2.75, 3.05) is 12.4 Å². The van der Waals surface area contributed by atoms with Crippen LogP contribution in [0.25, 0.3) is 22.1 Å². The highest BCUT2D eigenvalue weighted by molar-refractivity contribution is 6.05. The Morgan fingerprint density at radius 1 is 1.20 bits per heavy atom. The third kappa shape index (κ3) is 1.08. The van der Waals surface area contributed by atoms with Crippen molar-refractivity contribution in [2.45, 2.75) is 0 Å². The number of rotatable bonds is 1. The normalized spacial score (nSPS) is 11.0. The van der Waals surface area contributed by atoms with Gasteiger partial charge in [0.1, 0.15) is 17.4 Å². The standard InChI is InChI=1S/C11H9N3O/c1-12-11-10-9(13-6-14-11)7-4-2-3-5-8(7)15-10/h2-6H,1H3,(H,12,13,14). The van der Waals surface area contributed by atoms with Crippen molar-refractivity contribution in [3.63, 3.8) is 0 Å². The van der Waals surface area contributed by atoms with Crippen LogP contribution in [-0.4, -0.2) is 17.0 Å². The maximum Gasteiger partial charge on any atom is 0.196 e. The molecule has 2 aromatic heterocycles. The molecule has 0 bridgehead atoms. The summed E-state index contributed by atoms with van der Waals surface area (Å²) in [6.45, 7) is 0. The second-order valence-corrected chi connectivity index (χ2v) is 3.25. The molecule has 0 aliphatic rings. The first-order valence-electron chi connectivity index (χ1n) is 4.70. The van der Waals surface area contributed by atoms with Crippen LogP contribution < -0.4 is 5.32 Å². The highest BCUT2D eigenvalue weighted by atomic mass is 16.3. The number of hydrogen-bond donors (Lipinski definition) is 1. The molecule has 0 unspecified atom stereocenters. The molecule has 0 spiro atoms. The van der Waals surface area contributed by atoms with E-state index in [2.05, 4.69) is 15.3 Å². The molecule has 1 N–H and O–H groups in total. The molecule has 0 saturated carbocycles. The zero-order chi connectivity index (χ0) is 10.3. The average molecular weight is 199 g/mol. The van der Waals surface area contributed by atoms with Gasteiger partial charge in [0.2, 0.25) is 0 Å². The Morgan fingerprint density at radius 2 is 2.07 bits per heavy atom. The third-order valence-corrected chi connectivity index (χ3v) is 2.39. The monoisotopic (exact) mass is 199 g/mol. The van der Waals surface area contributed by atoms with E-state index in [9.17, 15) is 0 Å². The predicted octanol–water partition coefficient (Wildman–Crippen LogP) is 2.42. The van der Waals surface area contributed by atoms with Gasteiger partial charge in [0.15, 0.2) is 11.4 Å². The second-order valence-electron chi connectivity index (χ2n) is 3.25. The molecule has 0 aliphatic carbocycles. The first-order valence-corrected chi connectivity index (χ1v) is 4.70. The number of furan rings is 1. The van der Waals surface area contributed by atoms with Crippen molar-refractivity contribution >= 4 is 27.9 Å². The number of benzene rings is 1. The van der Waals surface area contributed by atoms with E-state index in [0.717, 1.165) is 22.3 Å². The maximum absolute atomic E-state index is 5.69. The molecule has 3 rings (SSSR count). The van der Waals surface area contributed by atoms with E-state index in [1.165, 1.54) is 6.33 Å². The molecule has 4 nitrogen and oxygen atoms in total. The van der Waals surface area contributed by atoms with Gasteiger partial charge in [-0.2, -0.15) is 0 Å². The molecule has 0 fully saturated rings. The molecule has 0 saturated heterocycles. The number of hydrogen-bond acceptors (Lipinski definition) is 4. The van der Waals surface area contributed by atoms with Crippen LogP contribution in [0.5, 0.6) is 0 Å². The summed E-state index contributed by atoms with van der Waals surface area (Å²) in [4.78, 5) is 8.34. The van der Waals surface area contributed by atoms with Gasteiger partial charge in [-0.05, 0) is 12.1 Å². The molecule has 0 atom stereocenters. The lowest BCUT2D eigenvalue weighted by atomic mass is 10.2. The molecule has 0 amide bonds. The molecule has 15 heavy (non-hydrogen) atoms. The Bertz CT molecular complexity index is 630. The van der Waals surface area contributed by atoms with Gasteiger partial charge in [-0.1, -0.05) is 12.1 Å². The fraction of sp³-hybridized carbons (Fsp3) is 0.0909. The van der Waals surface area contributed by atoms with Crippen LogP contribution in [0.3, 0.4) is 0 Å². The van der Waals surface area contributed by atoms with Gasteiger partial charge in [0, 0.05) is 12.4 Å². The lowest BCUT2D eigenvalue weighted by Crippen LogP contribution is -1.92. The Labute approximate surface area is 85.9 Å². The van der Waals surface area contributed by atoms with E-state index in [1.54, 1.807) is 0 Å². The molecule has 4 heteroatoms. The van der Waals surface area contributed by atoms with Gasteiger partial charge < -0.3 is 9.73 Å². The van der Waals surface area contributed by atoms with Crippen molar-refractivity contribution in [2.24, 2.45) is 0 Å². The number of nitrogens with one attached hydrogen (secondary N) is 1. The molecule has 2 heterocycles. The van der Waals surface area contributed by atoms with E-state index >= 15 is 0 Å². The van der Waals surface area contributed by atoms with Gasteiger partial charge in [0.05, 0.1) is 0 Å². The van der Waals surface area contributed by atoms with Crippen molar-refractivity contribution in [3.8, 4) is 0 Å². The molecular formula is C11H9N3O. The van der Waals surface area contributed by atoms with Crippen molar-refractivity contribution in [1.29, 1.82) is 0 Å². The van der Waals surface area contributed by atoms with Crippen LogP contribution in [0, 0.1) is 0 Å². The first kappa shape index (κ1) is 8.23. The van der Waals surface area contributed by atoms with E-state index in [1.807, 2.05) is 31.3 Å². The summed E-state index contributed by atoms with van der Waals surface area (Å²) in [5, 5.41) is 4.01. The summed E-state index contributed by atoms with van der Waals surface area (Å²) in [7, 11) is 1.81. The summed E-state index contributed by atoms with van der Waals surface area (Å²) in [6.07, 6.45) is 1.54. The number of fused-ring (bicyclic) bond motifs is 3. The summed E-state index contributed by atoms with van der Waals surface area (Å²) >= 11 is 0. The van der Waals surface area contributed by atoms with Crippen LogP contribution in [0.15, 0.2) is 35.0 Å². The Balaban J connectivity index is 2.53. The first-order chi connectivity index (χ1) is 7.40. The van der Waals surface area contributed by atoms with Gasteiger partial charge in [-0.3, -0.25) is 0 Å². The Hall–Kier alpha value is -2.10. The summed E-state index contributed by atoms with van der Waals surface area (Å²) in [5.74, 6) is 0.719. The molecule has 74 valence electrons. The van der Waals surface area contributed by atoms with Gasteiger partial charge in [-0.15, -0.1) is 0 Å². The van der Waals surface area contributed by atoms with Gasteiger partial charge in [-0.25, -0.2) is 9.97 Å². The van der Waals surface area contributed by atoms with E-state index < -0.39 is 0 Å². The van der Waals surface area contributed by atoms with Crippen LogP contribution >= 0.6 is 0 Å². The number of para-hydroxylation sites is 1. The molecular weight excluding hydrogens is 190 g/mol. The zero-order valence-electron chi connectivity index (χ0n) is 8.19. The Morgan fingerprint density at radius 3 is 2.93 bits per heavy atom. The summed E-state index contributed by atoms with van der Waals surface area (Å²) in [5.41, 5.74) is 2.40. The average Bonchev–Trinajstić information content (AvgIpc) is 2.67. The lowest BCUT2D eigenvalue weighted by molar-refractivity contribution is 0.667. The fourth-order valence-electron chi connectivity index (χ4n) is 1.70. The van der Waals surface area contributed by atoms with Gasteiger partial charge >= 0.3 is 0 Å². The minimum atomic E-state index is 0.709. The van der Waals surface area contributed by atoms with Crippen molar-refractivity contribution in [3.05, 3.63) is 30.6 Å². The highest BCUT2D eigenvalue weighted by Gasteiger charge is 2.10. The number of aromatic nitrogens is 2. The zero-order valence-corrected chi connectivity index (χ0v) is 8.19. The van der Waals surface area contributed by atoms with Crippen LogP contribution in [-0.2, 0) is 0 Å². The van der Waals surface area contributed by atoms with Crippen LogP contribution in [0.2, 0.25) is 0 Å². The summed E-state index contributed by atoms with van der Waals surface area (Å²) < 4.78 is 5.69. The smallest absolute Gasteiger partial charge is 0.196 e. The van der Waals surface area contributed by atoms with Gasteiger partial charge in [0.25, 0.3) is 0 Å². The topological polar surface area (TPSA) is 51.0 Å². The Kier molecular flexibility index (Phi) is 1.62. The van der Waals surface area contributed by atoms with Crippen molar-refractivity contribution in [1.82, 2.24) is 9.97 Å². The number of nitrogens with zero attached hydrogens (tertiary/aromatic N) is 2. The summed E-state index contributed by atoms with van der Waals surface area (Å²) in [6, 6.07) is 7.83. The lowest BCUT2D eigenvalue weighted by Gasteiger charge is -1.96. The largest absolute Gasteiger partial charge is 0.450 e. The minimum Gasteiger partial charge on any atom is -0.450 e. The van der Waals surface area contributed by atoms with Crippen LogP contribution in [0.1, 0.15) is 0 Å². The second kappa shape index (κ2) is 2.95. The maximum atomic E-state index is 5.69. The molecule has 0 aliphatic heterocycles. The van der Waals surface area contributed by atoms with E-state index in [-0.39, 0.29) is 0 Å². The van der Waals surface area contributed by atoms with E-state index in [4.69, 9.17) is 4.42 Å². The highest BCUT2D eigenvalue weighted by Crippen LogP contribution is 2.29. The third-order valence-electron chi connectivity index (χ3n) is 2.39. The quantitative estimate of drug-likeness (QED) is 0.653. The molecule has 3 aromatic rings. The fourth-order valence-corrected chi connectivity index (χ4v) is 1.70. The molecule has 1 aromatic carbocycles. The minimum absolute atomic E-state index is 0.709. The number of anilines is 1. The van der Waals surface area contributed by atoms with Crippen LogP contribution in [0.4, 0.5) is 5.82 Å². The molecule has 0 radical (unpaired) electrons. The predicted molar refractivity (Wildman–Crippen MR) is 58.9 cm³/mol. The van der Waals surface area contributed by atoms with Crippen molar-refractivity contribution < 1.29 is 4.42 Å². The van der Waals surface area contributed by atoms with E-state index in [0.29, 0.717) is 5.58 Å². The SMILES string of the molecule is CNc1ncnc2c1oc1ccccc12.